The van der Waals surface area contributed by atoms with Crippen LogP contribution in [0.5, 0.6) is 0 Å². The molecule has 26 heavy (non-hydrogen) atoms. The van der Waals surface area contributed by atoms with Crippen molar-refractivity contribution in [1.29, 1.82) is 0 Å². The summed E-state index contributed by atoms with van der Waals surface area (Å²) in [6, 6.07) is 19.8. The average Bonchev–Trinajstić information content (AvgIpc) is 2.64. The molecule has 138 valence electrons. The van der Waals surface area contributed by atoms with Crippen LogP contribution in [0.15, 0.2) is 72.7 Å². The molecule has 0 radical (unpaired) electrons. The van der Waals surface area contributed by atoms with Crippen LogP contribution < -0.4 is 29.6 Å². The molecule has 0 fully saturated rings. The molecule has 0 saturated carbocycles. The number of aliphatic hydroxyl groups is 1. The fourth-order valence-corrected chi connectivity index (χ4v) is 1.49. The Kier molecular flexibility index (Phi) is 18.3. The molecule has 0 aliphatic heterocycles. The first-order chi connectivity index (χ1) is 11.9. The van der Waals surface area contributed by atoms with E-state index in [1.54, 1.807) is 0 Å². The summed E-state index contributed by atoms with van der Waals surface area (Å²) in [6.45, 7) is 6.59. The summed E-state index contributed by atoms with van der Waals surface area (Å²) >= 11 is 0. The van der Waals surface area contributed by atoms with Crippen LogP contribution in [0.2, 0.25) is 0 Å². The number of aliphatic hydroxyl groups excluding tert-OH is 1. The van der Waals surface area contributed by atoms with Gasteiger partial charge in [0.15, 0.2) is 0 Å². The Morgan fingerprint density at radius 1 is 1.04 bits per heavy atom. The number of benzene rings is 2. The van der Waals surface area contributed by atoms with E-state index in [0.29, 0.717) is 5.41 Å². The molecule has 1 N–H and O–H groups in total. The molecule has 0 aliphatic rings. The average molecular weight is 388 g/mol. The van der Waals surface area contributed by atoms with Crippen LogP contribution in [0.1, 0.15) is 24.5 Å². The van der Waals surface area contributed by atoms with Gasteiger partial charge >= 0.3 is 29.6 Å². The zero-order valence-corrected chi connectivity index (χ0v) is 18.2. The summed E-state index contributed by atoms with van der Waals surface area (Å²) in [5.41, 5.74) is 2.22. The Balaban J connectivity index is 0. The number of ether oxygens (including phenoxy) is 1. The first-order valence-corrected chi connectivity index (χ1v) is 9.24. The number of hydrogen-bond donors (Lipinski definition) is 1. The topological polar surface area (TPSA) is 86.7 Å². The standard InChI is InChI=1S/C10H14O.C7H8O.C2H4O3S.Na/c1-2-8-11-9-10-6-4-3-5-7-10;8-6-7-4-2-1-3-5-7;1-2-6(3,4)5;/h3-7H,2,8-9H2,1H3;1-5,8H,6H2;2H,1H2,(H,3,4,5);/q;;;+1/p-1. The van der Waals surface area contributed by atoms with Gasteiger partial charge in [-0.2, -0.15) is 0 Å². The maximum absolute atomic E-state index is 9.33. The SMILES string of the molecule is C=CS(=O)(=O)[O-].CCCOCc1ccccc1.OCc1ccccc1.[Na+]. The summed E-state index contributed by atoms with van der Waals surface area (Å²) < 4.78 is 33.3. The number of hydrogen-bond acceptors (Lipinski definition) is 5. The summed E-state index contributed by atoms with van der Waals surface area (Å²) in [4.78, 5) is 0. The van der Waals surface area contributed by atoms with Crippen molar-refractivity contribution in [3.05, 3.63) is 83.8 Å². The van der Waals surface area contributed by atoms with Crippen molar-refractivity contribution < 1.29 is 52.4 Å². The monoisotopic (exact) mass is 388 g/mol. The molecule has 0 aliphatic carbocycles. The molecule has 7 heteroatoms. The minimum Gasteiger partial charge on any atom is -0.745 e. The van der Waals surface area contributed by atoms with E-state index in [1.807, 2.05) is 48.5 Å². The molecule has 2 aromatic rings. The van der Waals surface area contributed by atoms with Gasteiger partial charge in [0.25, 0.3) is 0 Å². The maximum Gasteiger partial charge on any atom is 1.00 e. The molecule has 0 unspecified atom stereocenters. The van der Waals surface area contributed by atoms with Crippen molar-refractivity contribution in [2.45, 2.75) is 26.6 Å². The van der Waals surface area contributed by atoms with Gasteiger partial charge in [0.05, 0.1) is 13.2 Å². The van der Waals surface area contributed by atoms with Crippen molar-refractivity contribution in [2.75, 3.05) is 6.61 Å². The summed E-state index contributed by atoms with van der Waals surface area (Å²) in [5, 5.41) is 8.89. The fraction of sp³-hybridized carbons (Fsp3) is 0.263. The Morgan fingerprint density at radius 2 is 1.46 bits per heavy atom. The van der Waals surface area contributed by atoms with Gasteiger partial charge in [-0.05, 0) is 17.5 Å². The minimum atomic E-state index is -4.15. The molecular weight excluding hydrogens is 363 g/mol. The van der Waals surface area contributed by atoms with Crippen LogP contribution in [-0.2, 0) is 28.1 Å². The molecule has 0 bridgehead atoms. The quantitative estimate of drug-likeness (QED) is 0.442. The van der Waals surface area contributed by atoms with Crippen LogP contribution in [0, 0.1) is 0 Å². The van der Waals surface area contributed by atoms with Crippen molar-refractivity contribution in [2.24, 2.45) is 0 Å². The smallest absolute Gasteiger partial charge is 0.745 e. The molecule has 0 saturated heterocycles. The summed E-state index contributed by atoms with van der Waals surface area (Å²) in [7, 11) is -4.15. The predicted molar refractivity (Wildman–Crippen MR) is 98.6 cm³/mol. The normalized spacial score (nSPS) is 9.50. The van der Waals surface area contributed by atoms with Gasteiger partial charge < -0.3 is 14.4 Å². The second-order valence-electron chi connectivity index (χ2n) is 4.84. The zero-order valence-electron chi connectivity index (χ0n) is 15.4. The van der Waals surface area contributed by atoms with Crippen molar-refractivity contribution in [3.63, 3.8) is 0 Å². The molecule has 0 aromatic heterocycles. The van der Waals surface area contributed by atoms with Crippen LogP contribution in [-0.4, -0.2) is 24.7 Å². The third kappa shape index (κ3) is 17.8. The van der Waals surface area contributed by atoms with Crippen LogP contribution in [0.3, 0.4) is 0 Å². The van der Waals surface area contributed by atoms with E-state index < -0.39 is 10.1 Å². The number of rotatable bonds is 6. The van der Waals surface area contributed by atoms with E-state index in [-0.39, 0.29) is 36.2 Å². The van der Waals surface area contributed by atoms with Gasteiger partial charge in [-0.3, -0.25) is 0 Å². The van der Waals surface area contributed by atoms with Gasteiger partial charge in [0.2, 0.25) is 0 Å². The zero-order chi connectivity index (χ0) is 19.0. The van der Waals surface area contributed by atoms with Crippen molar-refractivity contribution in [1.82, 2.24) is 0 Å². The third-order valence-corrected chi connectivity index (χ3v) is 3.10. The van der Waals surface area contributed by atoms with E-state index in [1.165, 1.54) is 5.56 Å². The van der Waals surface area contributed by atoms with E-state index in [0.717, 1.165) is 25.2 Å². The van der Waals surface area contributed by atoms with Crippen LogP contribution >= 0.6 is 0 Å². The third-order valence-electron chi connectivity index (χ3n) is 2.69. The van der Waals surface area contributed by atoms with Crippen molar-refractivity contribution in [3.8, 4) is 0 Å². The summed E-state index contributed by atoms with van der Waals surface area (Å²) in [5.74, 6) is 0. The van der Waals surface area contributed by atoms with Crippen LogP contribution in [0.4, 0.5) is 0 Å². The van der Waals surface area contributed by atoms with Gasteiger partial charge in [-0.25, -0.2) is 8.42 Å². The Labute approximate surface area is 178 Å². The van der Waals surface area contributed by atoms with Gasteiger partial charge in [0.1, 0.15) is 10.1 Å². The second kappa shape index (κ2) is 17.4. The Morgan fingerprint density at radius 3 is 1.77 bits per heavy atom. The van der Waals surface area contributed by atoms with E-state index in [2.05, 4.69) is 25.6 Å². The molecule has 0 heterocycles. The first kappa shape index (κ1) is 27.2. The van der Waals surface area contributed by atoms with E-state index in [4.69, 9.17) is 9.84 Å². The molecule has 0 atom stereocenters. The molecule has 2 aromatic carbocycles. The largest absolute Gasteiger partial charge is 1.00 e. The van der Waals surface area contributed by atoms with Gasteiger partial charge in [0, 0.05) is 12.0 Å². The molecule has 0 amide bonds. The minimum absolute atomic E-state index is 0. The summed E-state index contributed by atoms with van der Waals surface area (Å²) in [6.07, 6.45) is 1.09. The Hall–Kier alpha value is -0.990. The van der Waals surface area contributed by atoms with Gasteiger partial charge in [-0.15, -0.1) is 0 Å². The Bertz CT molecular complexity index is 649. The first-order valence-electron chi connectivity index (χ1n) is 7.77. The predicted octanol–water partition coefficient (Wildman–Crippen LogP) is 0.471. The second-order valence-corrected chi connectivity index (χ2v) is 6.16. The molecule has 5 nitrogen and oxygen atoms in total. The fourth-order valence-electron chi connectivity index (χ4n) is 1.49. The molecular formula is C19H25NaO5S. The van der Waals surface area contributed by atoms with Crippen molar-refractivity contribution >= 4 is 10.1 Å². The van der Waals surface area contributed by atoms with E-state index >= 15 is 0 Å². The molecule has 0 spiro atoms. The van der Waals surface area contributed by atoms with E-state index in [9.17, 15) is 13.0 Å². The molecule has 2 rings (SSSR count). The maximum atomic E-state index is 9.33. The van der Waals surface area contributed by atoms with Gasteiger partial charge in [-0.1, -0.05) is 74.2 Å². The van der Waals surface area contributed by atoms with Crippen LogP contribution in [0.25, 0.3) is 0 Å².